The number of carbonyl (C=O) groups excluding carboxylic acids is 2. The van der Waals surface area contributed by atoms with E-state index < -0.39 is 23.8 Å². The van der Waals surface area contributed by atoms with Crippen molar-refractivity contribution in [2.45, 2.75) is 18.7 Å². The van der Waals surface area contributed by atoms with E-state index in [1.807, 2.05) is 0 Å². The highest BCUT2D eigenvalue weighted by Gasteiger charge is 2.30. The van der Waals surface area contributed by atoms with Crippen molar-refractivity contribution >= 4 is 27.7 Å². The molecule has 162 valence electrons. The second-order valence-corrected chi connectivity index (χ2v) is 7.22. The third-order valence-corrected chi connectivity index (χ3v) is 4.41. The highest BCUT2D eigenvalue weighted by molar-refractivity contribution is 9.10. The summed E-state index contributed by atoms with van der Waals surface area (Å²) < 4.78 is 44.0. The number of aliphatic hydroxyl groups is 1. The van der Waals surface area contributed by atoms with Gasteiger partial charge < -0.3 is 20.5 Å². The molecule has 3 N–H and O–H groups in total. The zero-order chi connectivity index (χ0) is 22.1. The number of nitrogens with one attached hydrogen (secondary N) is 2. The predicted molar refractivity (Wildman–Crippen MR) is 107 cm³/mol. The lowest BCUT2D eigenvalue weighted by Crippen LogP contribution is -2.37. The number of carbonyl (C=O) groups is 2. The summed E-state index contributed by atoms with van der Waals surface area (Å²) >= 11 is 3.27. The van der Waals surface area contributed by atoms with Crippen LogP contribution in [0.15, 0.2) is 53.0 Å². The molecular formula is C20H20BrF3N2O4. The molecule has 2 aromatic carbocycles. The van der Waals surface area contributed by atoms with Crippen molar-refractivity contribution in [1.29, 1.82) is 0 Å². The van der Waals surface area contributed by atoms with Crippen molar-refractivity contribution < 1.29 is 32.6 Å². The summed E-state index contributed by atoms with van der Waals surface area (Å²) in [5.41, 5.74) is -0.395. The molecule has 0 aromatic heterocycles. The van der Waals surface area contributed by atoms with Crippen molar-refractivity contribution in [3.05, 3.63) is 64.1 Å². The molecule has 0 fully saturated rings. The van der Waals surface area contributed by atoms with Gasteiger partial charge in [0, 0.05) is 29.5 Å². The molecule has 0 saturated heterocycles. The van der Waals surface area contributed by atoms with Crippen LogP contribution in [0.1, 0.15) is 22.3 Å². The first-order valence-corrected chi connectivity index (χ1v) is 9.73. The fourth-order valence-electron chi connectivity index (χ4n) is 2.33. The van der Waals surface area contributed by atoms with Crippen LogP contribution >= 0.6 is 15.9 Å². The molecule has 2 rings (SSSR count). The van der Waals surface area contributed by atoms with Gasteiger partial charge in [0.05, 0.1) is 5.56 Å². The number of alkyl halides is 3. The molecule has 0 bridgehead atoms. The van der Waals surface area contributed by atoms with Crippen LogP contribution in [0.2, 0.25) is 0 Å². The van der Waals surface area contributed by atoms with Crippen LogP contribution in [0.25, 0.3) is 0 Å². The summed E-state index contributed by atoms with van der Waals surface area (Å²) in [6.07, 6.45) is -5.59. The summed E-state index contributed by atoms with van der Waals surface area (Å²) in [6, 6.07) is 11.0. The van der Waals surface area contributed by atoms with Gasteiger partial charge in [0.2, 0.25) is 5.91 Å². The van der Waals surface area contributed by atoms with Crippen LogP contribution in [0.4, 0.5) is 13.2 Å². The van der Waals surface area contributed by atoms with Gasteiger partial charge in [-0.1, -0.05) is 22.0 Å². The van der Waals surface area contributed by atoms with Crippen LogP contribution in [0.5, 0.6) is 5.75 Å². The average Bonchev–Trinajstić information content (AvgIpc) is 2.70. The molecule has 10 heteroatoms. The summed E-state index contributed by atoms with van der Waals surface area (Å²) in [5, 5.41) is 14.9. The Balaban J connectivity index is 1.66. The van der Waals surface area contributed by atoms with E-state index in [1.54, 1.807) is 24.3 Å². The Bertz CT molecular complexity index is 860. The number of benzene rings is 2. The van der Waals surface area contributed by atoms with Gasteiger partial charge in [-0.15, -0.1) is 0 Å². The van der Waals surface area contributed by atoms with E-state index in [0.29, 0.717) is 5.56 Å². The van der Waals surface area contributed by atoms with Gasteiger partial charge in [0.1, 0.15) is 18.5 Å². The number of amides is 2. The number of ether oxygens (including phenoxy) is 1. The molecule has 30 heavy (non-hydrogen) atoms. The second kappa shape index (κ2) is 11.0. The molecule has 6 nitrogen and oxygen atoms in total. The molecule has 0 heterocycles. The first-order valence-electron chi connectivity index (χ1n) is 8.94. The highest BCUT2D eigenvalue weighted by atomic mass is 79.9. The number of rotatable bonds is 9. The van der Waals surface area contributed by atoms with Crippen LogP contribution in [0, 0.1) is 0 Å². The minimum atomic E-state index is -4.49. The molecule has 0 aliphatic heterocycles. The zero-order valence-corrected chi connectivity index (χ0v) is 17.3. The van der Waals surface area contributed by atoms with Crippen molar-refractivity contribution in [1.82, 2.24) is 10.6 Å². The minimum absolute atomic E-state index is 0.00345. The van der Waals surface area contributed by atoms with E-state index >= 15 is 0 Å². The van der Waals surface area contributed by atoms with Crippen molar-refractivity contribution in [3.8, 4) is 5.75 Å². The fourth-order valence-corrected chi connectivity index (χ4v) is 2.59. The molecule has 0 saturated carbocycles. The lowest BCUT2D eigenvalue weighted by Gasteiger charge is -2.14. The predicted octanol–water partition coefficient (Wildman–Crippen LogP) is 3.14. The monoisotopic (exact) mass is 488 g/mol. The third-order valence-electron chi connectivity index (χ3n) is 3.88. The van der Waals surface area contributed by atoms with E-state index in [4.69, 9.17) is 4.74 Å². The maximum atomic E-state index is 12.7. The first kappa shape index (κ1) is 23.7. The lowest BCUT2D eigenvalue weighted by molar-refractivity contribution is -0.137. The van der Waals surface area contributed by atoms with E-state index in [-0.39, 0.29) is 37.8 Å². The number of hydrogen-bond donors (Lipinski definition) is 3. The Morgan fingerprint density at radius 1 is 1.10 bits per heavy atom. The molecule has 0 radical (unpaired) electrons. The first-order chi connectivity index (χ1) is 14.1. The van der Waals surface area contributed by atoms with Crippen LogP contribution in [-0.4, -0.2) is 42.7 Å². The van der Waals surface area contributed by atoms with Crippen molar-refractivity contribution in [2.75, 3.05) is 19.7 Å². The molecule has 2 aromatic rings. The Morgan fingerprint density at radius 2 is 1.80 bits per heavy atom. The van der Waals surface area contributed by atoms with Gasteiger partial charge >= 0.3 is 6.18 Å². The number of aliphatic hydroxyl groups excluding tert-OH is 1. The molecule has 0 aliphatic carbocycles. The van der Waals surface area contributed by atoms with Gasteiger partial charge in [-0.2, -0.15) is 13.2 Å². The second-order valence-electron chi connectivity index (χ2n) is 6.31. The number of hydrogen-bond acceptors (Lipinski definition) is 4. The molecule has 0 spiro atoms. The highest BCUT2D eigenvalue weighted by Crippen LogP contribution is 2.31. The van der Waals surface area contributed by atoms with Gasteiger partial charge in [0.15, 0.2) is 0 Å². The van der Waals surface area contributed by atoms with Gasteiger partial charge in [-0.3, -0.25) is 9.59 Å². The Kier molecular flexibility index (Phi) is 8.67. The SMILES string of the molecule is O=C(CCNC(=O)c1ccc(Br)cc1)NCC(O)COc1cccc(C(F)(F)F)c1. The van der Waals surface area contributed by atoms with Gasteiger partial charge in [0.25, 0.3) is 5.91 Å². The summed E-state index contributed by atoms with van der Waals surface area (Å²) in [6.45, 7) is -0.322. The molecule has 2 amide bonds. The van der Waals surface area contributed by atoms with E-state index in [1.165, 1.54) is 12.1 Å². The Morgan fingerprint density at radius 3 is 2.47 bits per heavy atom. The Labute approximate surface area is 179 Å². The summed E-state index contributed by atoms with van der Waals surface area (Å²) in [7, 11) is 0. The normalized spacial score (nSPS) is 12.2. The standard InChI is InChI=1S/C20H20BrF3N2O4/c21-15-6-4-13(5-7-15)19(29)25-9-8-18(28)26-11-16(27)12-30-17-3-1-2-14(10-17)20(22,23)24/h1-7,10,16,27H,8-9,11-12H2,(H,25,29)(H,26,28). The zero-order valence-electron chi connectivity index (χ0n) is 15.7. The molecule has 1 atom stereocenters. The lowest BCUT2D eigenvalue weighted by atomic mass is 10.2. The summed E-state index contributed by atoms with van der Waals surface area (Å²) in [5.74, 6) is -0.750. The van der Waals surface area contributed by atoms with Gasteiger partial charge in [-0.05, 0) is 42.5 Å². The Hall–Kier alpha value is -2.59. The quantitative estimate of drug-likeness (QED) is 0.505. The molecular weight excluding hydrogens is 469 g/mol. The van der Waals surface area contributed by atoms with E-state index in [9.17, 15) is 27.9 Å². The number of halogens is 4. The van der Waals surface area contributed by atoms with Crippen molar-refractivity contribution in [2.24, 2.45) is 0 Å². The van der Waals surface area contributed by atoms with Crippen molar-refractivity contribution in [3.63, 3.8) is 0 Å². The average molecular weight is 489 g/mol. The largest absolute Gasteiger partial charge is 0.491 e. The topological polar surface area (TPSA) is 87.7 Å². The maximum absolute atomic E-state index is 12.7. The van der Waals surface area contributed by atoms with Gasteiger partial charge in [-0.25, -0.2) is 0 Å². The van der Waals surface area contributed by atoms with Crippen LogP contribution in [-0.2, 0) is 11.0 Å². The van der Waals surface area contributed by atoms with E-state index in [0.717, 1.165) is 16.6 Å². The fraction of sp³-hybridized carbons (Fsp3) is 0.300. The smallest absolute Gasteiger partial charge is 0.416 e. The third kappa shape index (κ3) is 8.03. The minimum Gasteiger partial charge on any atom is -0.491 e. The molecule has 1 unspecified atom stereocenters. The maximum Gasteiger partial charge on any atom is 0.416 e. The van der Waals surface area contributed by atoms with Crippen LogP contribution in [0.3, 0.4) is 0 Å². The summed E-state index contributed by atoms with van der Waals surface area (Å²) in [4.78, 5) is 23.7. The van der Waals surface area contributed by atoms with E-state index in [2.05, 4.69) is 26.6 Å². The molecule has 0 aliphatic rings. The van der Waals surface area contributed by atoms with Crippen LogP contribution < -0.4 is 15.4 Å².